The van der Waals surface area contributed by atoms with E-state index in [1.54, 1.807) is 24.1 Å². The van der Waals surface area contributed by atoms with Crippen molar-refractivity contribution in [1.29, 1.82) is 0 Å². The van der Waals surface area contributed by atoms with Crippen molar-refractivity contribution in [3.63, 3.8) is 0 Å². The van der Waals surface area contributed by atoms with E-state index in [0.717, 1.165) is 0 Å². The Morgan fingerprint density at radius 2 is 2.41 bits per heavy atom. The van der Waals surface area contributed by atoms with Crippen LogP contribution in [-0.2, 0) is 11.8 Å². The topological polar surface area (TPSA) is 41.9 Å². The van der Waals surface area contributed by atoms with Gasteiger partial charge in [0.2, 0.25) is 0 Å². The molecular weight excluding hydrogens is 278 g/mol. The first kappa shape index (κ1) is 8.94. The predicted octanol–water partition coefficient (Wildman–Crippen LogP) is 1.50. The highest BCUT2D eigenvalue weighted by Crippen LogP contribution is 2.62. The average molecular weight is 304 g/mol. The molecule has 5 atom stereocenters. The molecule has 1 saturated heterocycles. The van der Waals surface area contributed by atoms with E-state index >= 15 is 0 Å². The van der Waals surface area contributed by atoms with Gasteiger partial charge in [-0.3, -0.25) is 0 Å². The van der Waals surface area contributed by atoms with E-state index in [-0.39, 0.29) is 29.1 Å². The van der Waals surface area contributed by atoms with Crippen LogP contribution in [0.4, 0.5) is 0 Å². The van der Waals surface area contributed by atoms with Gasteiger partial charge in [-0.25, -0.2) is 0 Å². The molecule has 2 aliphatic heterocycles. The molecule has 22 heavy (non-hydrogen) atoms. The van der Waals surface area contributed by atoms with Crippen LogP contribution in [0.25, 0.3) is 0 Å². The van der Waals surface area contributed by atoms with Gasteiger partial charge in [-0.2, -0.15) is 0 Å². The Labute approximate surface area is 137 Å². The lowest BCUT2D eigenvalue weighted by Crippen LogP contribution is -2.64. The highest BCUT2D eigenvalue weighted by molar-refractivity contribution is 5.62. The molecule has 1 aromatic carbocycles. The third-order valence-electron chi connectivity index (χ3n) is 5.59. The number of aliphatic hydroxyl groups excluding tert-OH is 1. The van der Waals surface area contributed by atoms with Crippen molar-refractivity contribution >= 4 is 0 Å². The lowest BCUT2D eigenvalue weighted by Gasteiger charge is -2.56. The number of hydrogen-bond donors (Lipinski definition) is 1. The fourth-order valence-corrected chi connectivity index (χ4v) is 4.61. The van der Waals surface area contributed by atoms with Gasteiger partial charge < -0.3 is 19.5 Å². The molecule has 1 N–H and O–H groups in total. The SMILES string of the molecule is [2H]c1c([2H])c2c3c(c1OC)OC1C(O)C=C[C@@H]4[C@@]31CCN(C)[C@]4([2H])C2([2H])[2H]. The summed E-state index contributed by atoms with van der Waals surface area (Å²) in [5, 5.41) is 10.7. The molecule has 1 aromatic rings. The Morgan fingerprint density at radius 3 is 3.23 bits per heavy atom. The molecule has 4 aliphatic rings. The van der Waals surface area contributed by atoms with E-state index in [1.165, 1.54) is 7.11 Å². The monoisotopic (exact) mass is 304 g/mol. The molecule has 4 heteroatoms. The number of benzene rings is 1. The molecule has 0 amide bonds. The molecule has 116 valence electrons. The van der Waals surface area contributed by atoms with Crippen LogP contribution in [-0.4, -0.2) is 48.9 Å². The summed E-state index contributed by atoms with van der Waals surface area (Å²) in [6.45, 7) is 0.469. The number of likely N-dealkylation sites (tertiary alicyclic amines) is 1. The zero-order valence-electron chi connectivity index (χ0n) is 17.5. The Hall–Kier alpha value is -1.52. The highest BCUT2D eigenvalue weighted by atomic mass is 16.5. The molecule has 0 aromatic heterocycles. The summed E-state index contributed by atoms with van der Waals surface area (Å²) in [5.74, 6) is -0.205. The minimum atomic E-state index is -2.20. The normalized spacial score (nSPS) is 50.0. The van der Waals surface area contributed by atoms with Crippen molar-refractivity contribution in [1.82, 2.24) is 4.90 Å². The third-order valence-corrected chi connectivity index (χ3v) is 5.59. The van der Waals surface area contributed by atoms with E-state index in [9.17, 15) is 6.48 Å². The van der Waals surface area contributed by atoms with Crippen molar-refractivity contribution in [3.05, 3.63) is 35.4 Å². The number of likely N-dealkylation sites (N-methyl/N-ethyl adjacent to an activating group) is 1. The van der Waals surface area contributed by atoms with Crippen LogP contribution in [0, 0.1) is 5.92 Å². The van der Waals surface area contributed by atoms with Gasteiger partial charge in [-0.15, -0.1) is 0 Å². The fourth-order valence-electron chi connectivity index (χ4n) is 4.61. The van der Waals surface area contributed by atoms with Crippen LogP contribution in [0.15, 0.2) is 24.2 Å². The molecule has 2 bridgehead atoms. The number of methoxy groups -OCH3 is 1. The lowest BCUT2D eigenvalue weighted by molar-refractivity contribution is -0.0453. The van der Waals surface area contributed by atoms with Gasteiger partial charge in [0.1, 0.15) is 12.2 Å². The van der Waals surface area contributed by atoms with Crippen molar-refractivity contribution < 1.29 is 21.4 Å². The summed E-state index contributed by atoms with van der Waals surface area (Å²) in [6.07, 6.45) is 0.0883. The molecule has 5 rings (SSSR count). The Kier molecular flexibility index (Phi) is 1.65. The first-order chi connectivity index (χ1) is 12.6. The molecule has 4 nitrogen and oxygen atoms in total. The largest absolute Gasteiger partial charge is 0.493 e. The minimum Gasteiger partial charge on any atom is -0.493 e. The molecule has 0 radical (unpaired) electrons. The number of rotatable bonds is 1. The maximum Gasteiger partial charge on any atom is 0.165 e. The summed E-state index contributed by atoms with van der Waals surface area (Å²) < 4.78 is 55.4. The Morgan fingerprint density at radius 1 is 1.55 bits per heavy atom. The third kappa shape index (κ3) is 1.28. The van der Waals surface area contributed by atoms with E-state index in [4.69, 9.17) is 15.0 Å². The first-order valence-corrected chi connectivity index (χ1v) is 7.60. The van der Waals surface area contributed by atoms with Gasteiger partial charge in [-0.1, -0.05) is 18.2 Å². The maximum atomic E-state index is 10.7. The summed E-state index contributed by atoms with van der Waals surface area (Å²) in [6, 6.07) is -2.20. The molecule has 1 fully saturated rings. The van der Waals surface area contributed by atoms with Crippen LogP contribution < -0.4 is 9.47 Å². The molecule has 2 aliphatic carbocycles. The van der Waals surface area contributed by atoms with Crippen LogP contribution >= 0.6 is 0 Å². The van der Waals surface area contributed by atoms with Crippen LogP contribution in [0.1, 0.15) is 24.4 Å². The summed E-state index contributed by atoms with van der Waals surface area (Å²) in [4.78, 5) is 1.69. The summed E-state index contributed by atoms with van der Waals surface area (Å²) in [5.41, 5.74) is -0.263. The van der Waals surface area contributed by atoms with Gasteiger partial charge >= 0.3 is 0 Å². The molecule has 1 spiro atoms. The van der Waals surface area contributed by atoms with Crippen LogP contribution in [0.5, 0.6) is 11.5 Å². The van der Waals surface area contributed by atoms with E-state index in [0.29, 0.717) is 18.5 Å². The van der Waals surface area contributed by atoms with E-state index < -0.39 is 35.9 Å². The molecule has 0 saturated carbocycles. The quantitative estimate of drug-likeness (QED) is 0.799. The summed E-state index contributed by atoms with van der Waals surface area (Å²) in [7, 11) is 3.12. The molecule has 2 unspecified atom stereocenters. The fraction of sp³-hybridized carbons (Fsp3) is 0.556. The van der Waals surface area contributed by atoms with Crippen molar-refractivity contribution in [2.75, 3.05) is 20.7 Å². The average Bonchev–Trinajstić information content (AvgIpc) is 2.94. The van der Waals surface area contributed by atoms with Crippen molar-refractivity contribution in [2.24, 2.45) is 5.92 Å². The zero-order chi connectivity index (χ0) is 19.5. The highest BCUT2D eigenvalue weighted by Gasteiger charge is 2.64. The van der Waals surface area contributed by atoms with Crippen molar-refractivity contribution in [3.8, 4) is 11.5 Å². The first-order valence-electron chi connectivity index (χ1n) is 10.1. The molecule has 2 heterocycles. The van der Waals surface area contributed by atoms with Crippen molar-refractivity contribution in [2.45, 2.75) is 36.4 Å². The number of ether oxygens (including phenoxy) is 2. The number of aliphatic hydroxyl groups is 1. The zero-order valence-corrected chi connectivity index (χ0v) is 12.5. The van der Waals surface area contributed by atoms with Crippen LogP contribution in [0.3, 0.4) is 0 Å². The number of nitrogens with zero attached hydrogens (tertiary/aromatic N) is 1. The van der Waals surface area contributed by atoms with Gasteiger partial charge in [-0.05, 0) is 38.0 Å². The predicted molar refractivity (Wildman–Crippen MR) is 82.5 cm³/mol. The molecular formula is C18H21NO3. The van der Waals surface area contributed by atoms with E-state index in [1.807, 2.05) is 0 Å². The Bertz CT molecular complexity index is 906. The van der Waals surface area contributed by atoms with Gasteiger partial charge in [0.25, 0.3) is 0 Å². The second-order valence-electron chi connectivity index (χ2n) is 6.48. The van der Waals surface area contributed by atoms with Gasteiger partial charge in [0.05, 0.1) is 9.85 Å². The number of piperidine rings is 1. The summed E-state index contributed by atoms with van der Waals surface area (Å²) >= 11 is 0. The maximum absolute atomic E-state index is 10.7. The smallest absolute Gasteiger partial charge is 0.165 e. The van der Waals surface area contributed by atoms with Crippen LogP contribution in [0.2, 0.25) is 0 Å². The second kappa shape index (κ2) is 4.06. The van der Waals surface area contributed by atoms with Gasteiger partial charge in [0, 0.05) is 27.0 Å². The van der Waals surface area contributed by atoms with Gasteiger partial charge in [0.15, 0.2) is 11.5 Å². The van der Waals surface area contributed by atoms with E-state index in [2.05, 4.69) is 0 Å². The lowest BCUT2D eigenvalue weighted by atomic mass is 9.53. The second-order valence-corrected chi connectivity index (χ2v) is 6.48. The number of hydrogen-bond acceptors (Lipinski definition) is 4. The minimum absolute atomic E-state index is 0.0334. The Balaban J connectivity index is 1.99. The standard InChI is InChI=1S/C18H21NO3/c1-19-8-7-18-11-4-5-13(20)17(18)22-16-14(21-2)6-3-10(15(16)18)9-12(11)19/h3-6,11-13,17,20H,7-9H2,1-2H3/t11-,12+,13?,17?,18-/m0/s1/i3D,6D,9D2,12D.